The van der Waals surface area contributed by atoms with Crippen molar-refractivity contribution in [3.63, 3.8) is 0 Å². The number of halogens is 1. The van der Waals surface area contributed by atoms with Crippen molar-refractivity contribution in [3.05, 3.63) is 83.5 Å². The molecule has 0 radical (unpaired) electrons. The summed E-state index contributed by atoms with van der Waals surface area (Å²) in [5, 5.41) is 13.9. The second-order valence-corrected chi connectivity index (χ2v) is 10.6. The summed E-state index contributed by atoms with van der Waals surface area (Å²) in [6.07, 6.45) is 5.15. The summed E-state index contributed by atoms with van der Waals surface area (Å²) in [4.78, 5) is 20.7. The van der Waals surface area contributed by atoms with Crippen molar-refractivity contribution in [2.45, 2.75) is 36.8 Å². The number of hydrogen-bond acceptors (Lipinski definition) is 10. The van der Waals surface area contributed by atoms with Gasteiger partial charge in [0.2, 0.25) is 11.8 Å². The minimum absolute atomic E-state index is 0.126. The number of nitrogens with one attached hydrogen (secondary N) is 3. The van der Waals surface area contributed by atoms with Gasteiger partial charge in [0.25, 0.3) is 0 Å². The zero-order chi connectivity index (χ0) is 28.5. The molecule has 5 N–H and O–H groups in total. The fourth-order valence-corrected chi connectivity index (χ4v) is 5.94. The first-order chi connectivity index (χ1) is 20.6. The van der Waals surface area contributed by atoms with Crippen LogP contribution < -0.4 is 11.2 Å². The third kappa shape index (κ3) is 4.88. The Kier molecular flexibility index (Phi) is 7.25. The largest absolute Gasteiger partial charge is 0.422 e. The van der Waals surface area contributed by atoms with Crippen LogP contribution in [0.1, 0.15) is 53.7 Å². The van der Waals surface area contributed by atoms with Gasteiger partial charge in [-0.1, -0.05) is 18.2 Å². The van der Waals surface area contributed by atoms with E-state index in [1.807, 2.05) is 18.2 Å². The van der Waals surface area contributed by atoms with Gasteiger partial charge in [-0.2, -0.15) is 0 Å². The van der Waals surface area contributed by atoms with E-state index in [0.29, 0.717) is 48.6 Å². The average molecular weight is 575 g/mol. The number of aromatic nitrogens is 6. The number of ether oxygens (including phenoxy) is 2. The Morgan fingerprint density at radius 1 is 1.02 bits per heavy atom. The number of para-hydroxylation sites is 1. The Hall–Kier alpha value is -4.01. The molecule has 6 heterocycles. The summed E-state index contributed by atoms with van der Waals surface area (Å²) in [5.74, 6) is 6.66. The Morgan fingerprint density at radius 3 is 2.74 bits per heavy atom. The van der Waals surface area contributed by atoms with E-state index >= 15 is 0 Å². The van der Waals surface area contributed by atoms with Crippen LogP contribution in [0.3, 0.4) is 0 Å². The van der Waals surface area contributed by atoms with E-state index in [9.17, 15) is 4.39 Å². The number of H-pyrrole nitrogens is 2. The maximum atomic E-state index is 13.5. The molecule has 0 spiro atoms. The molecule has 1 fully saturated rings. The number of imidazole rings is 1. The van der Waals surface area contributed by atoms with Crippen LogP contribution in [0.5, 0.6) is 0 Å². The Bertz CT molecular complexity index is 1660. The summed E-state index contributed by atoms with van der Waals surface area (Å²) in [6, 6.07) is 10.9. The number of rotatable bonds is 9. The Labute approximate surface area is 240 Å². The number of pyridine rings is 1. The molecular weight excluding hydrogens is 543 g/mol. The summed E-state index contributed by atoms with van der Waals surface area (Å²) < 4.78 is 31.7. The zero-order valence-electron chi connectivity index (χ0n) is 22.8. The molecule has 2 aliphatic heterocycles. The van der Waals surface area contributed by atoms with Crippen molar-refractivity contribution < 1.29 is 23.1 Å². The number of nitrogens with two attached hydrogens (primary N) is 1. The first-order valence-corrected chi connectivity index (χ1v) is 14.0. The van der Waals surface area contributed by atoms with Gasteiger partial charge in [-0.15, -0.1) is 10.2 Å². The van der Waals surface area contributed by atoms with Gasteiger partial charge in [-0.05, 0) is 43.0 Å². The van der Waals surface area contributed by atoms with Crippen LogP contribution in [-0.4, -0.2) is 63.2 Å². The molecule has 12 nitrogen and oxygen atoms in total. The highest BCUT2D eigenvalue weighted by molar-refractivity contribution is 5.85. The molecule has 0 amide bonds. The van der Waals surface area contributed by atoms with Crippen LogP contribution in [0.15, 0.2) is 53.2 Å². The number of fused-ring (bicyclic) bond motifs is 3. The minimum Gasteiger partial charge on any atom is -0.422 e. The highest BCUT2D eigenvalue weighted by Gasteiger charge is 2.49. The quantitative estimate of drug-likeness (QED) is 0.152. The van der Waals surface area contributed by atoms with E-state index in [-0.39, 0.29) is 31.8 Å². The van der Waals surface area contributed by atoms with Crippen molar-refractivity contribution >= 4 is 10.9 Å². The maximum absolute atomic E-state index is 13.5. The molecule has 5 aromatic rings. The predicted molar refractivity (Wildman–Crippen MR) is 148 cm³/mol. The fourth-order valence-electron chi connectivity index (χ4n) is 5.94. The fraction of sp³-hybridized carbons (Fsp3) is 0.379. The molecule has 42 heavy (non-hydrogen) atoms. The highest BCUT2D eigenvalue weighted by atomic mass is 19.1. The molecule has 1 saturated heterocycles. The lowest BCUT2D eigenvalue weighted by atomic mass is 9.83. The summed E-state index contributed by atoms with van der Waals surface area (Å²) in [6.45, 7) is 1.97. The van der Waals surface area contributed by atoms with Crippen LogP contribution in [0.2, 0.25) is 0 Å². The molecule has 13 heteroatoms. The number of hydrogen-bond donors (Lipinski definition) is 4. The normalized spacial score (nSPS) is 21.1. The van der Waals surface area contributed by atoms with Gasteiger partial charge in [0.1, 0.15) is 11.6 Å². The standard InChI is InChI=1S/C29H31FN8O4/c30-18-5-6-22(32-14-18)24-15-33-26(35-24)23-13-20-19-3-1-2-4-21(19)34-25(20)29(36-23,16-40-11-12-41-31)28-38-37-27(42-28)17-7-9-39-10-8-17/h1-6,14-15,17,23,34,36H,7-13,16,31H2,(H,33,35)/t23-,29?/m1/s1. The smallest absolute Gasteiger partial charge is 0.245 e. The van der Waals surface area contributed by atoms with Crippen LogP contribution in [-0.2, 0) is 26.3 Å². The van der Waals surface area contributed by atoms with Crippen molar-refractivity contribution in [1.29, 1.82) is 0 Å². The SMILES string of the molecule is NOCCOCC1(c2nnc(C3CCOCC3)o2)N[C@@H](c2ncc(-c3ccc(F)cn3)[nH]2)Cc2c1[nH]c1ccccc21. The van der Waals surface area contributed by atoms with Gasteiger partial charge in [-0.25, -0.2) is 15.3 Å². The molecule has 1 unspecified atom stereocenters. The second-order valence-electron chi connectivity index (χ2n) is 10.6. The molecule has 218 valence electrons. The Morgan fingerprint density at radius 2 is 1.90 bits per heavy atom. The van der Waals surface area contributed by atoms with E-state index < -0.39 is 11.4 Å². The zero-order valence-corrected chi connectivity index (χ0v) is 22.8. The molecule has 2 atom stereocenters. The third-order valence-electron chi connectivity index (χ3n) is 8.04. The van der Waals surface area contributed by atoms with E-state index in [1.54, 1.807) is 12.3 Å². The first-order valence-electron chi connectivity index (χ1n) is 14.0. The van der Waals surface area contributed by atoms with Gasteiger partial charge in [0, 0.05) is 30.0 Å². The van der Waals surface area contributed by atoms with E-state index in [4.69, 9.17) is 29.6 Å². The van der Waals surface area contributed by atoms with Crippen LogP contribution >= 0.6 is 0 Å². The molecule has 1 aromatic carbocycles. The summed E-state index contributed by atoms with van der Waals surface area (Å²) >= 11 is 0. The number of nitrogens with zero attached hydrogens (tertiary/aromatic N) is 4. The molecule has 0 bridgehead atoms. The number of benzene rings is 1. The third-order valence-corrected chi connectivity index (χ3v) is 8.04. The molecule has 2 aliphatic rings. The lowest BCUT2D eigenvalue weighted by Gasteiger charge is -2.39. The molecule has 4 aromatic heterocycles. The van der Waals surface area contributed by atoms with Gasteiger partial charge >= 0.3 is 0 Å². The van der Waals surface area contributed by atoms with Gasteiger partial charge in [-0.3, -0.25) is 10.3 Å². The summed E-state index contributed by atoms with van der Waals surface area (Å²) in [7, 11) is 0. The second kappa shape index (κ2) is 11.3. The first kappa shape index (κ1) is 26.9. The van der Waals surface area contributed by atoms with Crippen LogP contribution in [0.25, 0.3) is 22.3 Å². The topological polar surface area (TPSA) is 162 Å². The lowest BCUT2D eigenvalue weighted by Crippen LogP contribution is -2.53. The molecular formula is C29H31FN8O4. The molecule has 0 aliphatic carbocycles. The number of aromatic amines is 2. The van der Waals surface area contributed by atoms with E-state index in [2.05, 4.69) is 36.5 Å². The van der Waals surface area contributed by atoms with Gasteiger partial charge in [0.15, 0.2) is 5.54 Å². The summed E-state index contributed by atoms with van der Waals surface area (Å²) in [5.41, 5.74) is 3.20. The van der Waals surface area contributed by atoms with Gasteiger partial charge in [0.05, 0.1) is 55.3 Å². The van der Waals surface area contributed by atoms with Crippen molar-refractivity contribution in [2.24, 2.45) is 5.90 Å². The van der Waals surface area contributed by atoms with Crippen molar-refractivity contribution in [2.75, 3.05) is 33.0 Å². The van der Waals surface area contributed by atoms with E-state index in [1.165, 1.54) is 12.3 Å². The highest BCUT2D eigenvalue weighted by Crippen LogP contribution is 2.43. The average Bonchev–Trinajstić information content (AvgIpc) is 3.80. The van der Waals surface area contributed by atoms with Crippen molar-refractivity contribution in [1.82, 2.24) is 35.5 Å². The van der Waals surface area contributed by atoms with E-state index in [0.717, 1.165) is 35.0 Å². The monoisotopic (exact) mass is 574 g/mol. The lowest BCUT2D eigenvalue weighted by molar-refractivity contribution is 0.0140. The minimum atomic E-state index is -1.04. The molecule has 0 saturated carbocycles. The van der Waals surface area contributed by atoms with Crippen LogP contribution in [0.4, 0.5) is 4.39 Å². The molecule has 7 rings (SSSR count). The van der Waals surface area contributed by atoms with Crippen LogP contribution in [0, 0.1) is 5.82 Å². The van der Waals surface area contributed by atoms with Gasteiger partial charge < -0.3 is 28.7 Å². The predicted octanol–water partition coefficient (Wildman–Crippen LogP) is 3.41. The van der Waals surface area contributed by atoms with Crippen molar-refractivity contribution in [3.8, 4) is 11.4 Å². The Balaban J connectivity index is 1.33. The maximum Gasteiger partial charge on any atom is 0.245 e.